The van der Waals surface area contributed by atoms with Gasteiger partial charge in [0.25, 0.3) is 0 Å². The van der Waals surface area contributed by atoms with E-state index in [1.165, 1.54) is 10.3 Å². The van der Waals surface area contributed by atoms with Gasteiger partial charge in [-0.1, -0.05) is 35.9 Å². The fraction of sp³-hybridized carbons (Fsp3) is 0.0909. The molecule has 0 aliphatic rings. The minimum absolute atomic E-state index is 0.827. The lowest BCUT2D eigenvalue weighted by atomic mass is 10.1. The van der Waals surface area contributed by atoms with Gasteiger partial charge in [0.05, 0.1) is 0 Å². The van der Waals surface area contributed by atoms with E-state index in [1.54, 1.807) is 11.8 Å². The van der Waals surface area contributed by atoms with Gasteiger partial charge in [-0.15, -0.1) is 11.8 Å². The van der Waals surface area contributed by atoms with Crippen LogP contribution < -0.4 is 0 Å². The minimum atomic E-state index is 0.827. The third kappa shape index (κ3) is 1.54. The maximum absolute atomic E-state index is 6.08. The summed E-state index contributed by atoms with van der Waals surface area (Å²) in [6.07, 6.45) is 2.08. The van der Waals surface area contributed by atoms with Crippen molar-refractivity contribution in [1.82, 2.24) is 0 Å². The van der Waals surface area contributed by atoms with Crippen molar-refractivity contribution in [2.75, 3.05) is 6.26 Å². The highest BCUT2D eigenvalue weighted by molar-refractivity contribution is 7.98. The standard InChI is InChI=1S/C11H9ClS/c1-13-11-7-6-10(12)8-4-2-3-5-9(8)11/h2-7H,1H3. The van der Waals surface area contributed by atoms with Gasteiger partial charge in [0.1, 0.15) is 0 Å². The van der Waals surface area contributed by atoms with E-state index in [0.29, 0.717) is 0 Å². The van der Waals surface area contributed by atoms with E-state index in [4.69, 9.17) is 11.6 Å². The molecule has 2 rings (SSSR count). The predicted molar refractivity (Wildman–Crippen MR) is 60.7 cm³/mol. The molecule has 2 aromatic carbocycles. The Labute approximate surface area is 86.9 Å². The molecule has 66 valence electrons. The van der Waals surface area contributed by atoms with Crippen LogP contribution in [-0.4, -0.2) is 6.26 Å². The summed E-state index contributed by atoms with van der Waals surface area (Å²) in [5, 5.41) is 3.20. The third-order valence-electron chi connectivity index (χ3n) is 2.05. The van der Waals surface area contributed by atoms with E-state index < -0.39 is 0 Å². The summed E-state index contributed by atoms with van der Waals surface area (Å²) in [4.78, 5) is 1.28. The first-order chi connectivity index (χ1) is 6.33. The van der Waals surface area contributed by atoms with E-state index in [2.05, 4.69) is 24.5 Å². The quantitative estimate of drug-likeness (QED) is 0.633. The molecule has 0 atom stereocenters. The number of halogens is 1. The lowest BCUT2D eigenvalue weighted by molar-refractivity contribution is 1.55. The van der Waals surface area contributed by atoms with Crippen molar-refractivity contribution in [3.63, 3.8) is 0 Å². The summed E-state index contributed by atoms with van der Waals surface area (Å²) >= 11 is 7.83. The fourth-order valence-electron chi connectivity index (χ4n) is 1.41. The molecule has 0 fully saturated rings. The molecule has 2 aromatic rings. The van der Waals surface area contributed by atoms with Crippen LogP contribution in [-0.2, 0) is 0 Å². The van der Waals surface area contributed by atoms with Crippen molar-refractivity contribution < 1.29 is 0 Å². The summed E-state index contributed by atoms with van der Waals surface area (Å²) in [5.41, 5.74) is 0. The summed E-state index contributed by atoms with van der Waals surface area (Å²) in [7, 11) is 0. The molecule has 0 nitrogen and oxygen atoms in total. The zero-order chi connectivity index (χ0) is 9.26. The normalized spacial score (nSPS) is 10.6. The highest BCUT2D eigenvalue weighted by Gasteiger charge is 2.01. The topological polar surface area (TPSA) is 0 Å². The van der Waals surface area contributed by atoms with Crippen molar-refractivity contribution in [2.24, 2.45) is 0 Å². The molecule has 0 unspecified atom stereocenters. The molecular formula is C11H9ClS. The van der Waals surface area contributed by atoms with Gasteiger partial charge in [-0.2, -0.15) is 0 Å². The van der Waals surface area contributed by atoms with Gasteiger partial charge in [0.15, 0.2) is 0 Å². The molecule has 0 heterocycles. The number of benzene rings is 2. The fourth-order valence-corrected chi connectivity index (χ4v) is 2.24. The Morgan fingerprint density at radius 3 is 2.38 bits per heavy atom. The second-order valence-electron chi connectivity index (χ2n) is 2.80. The van der Waals surface area contributed by atoms with Crippen LogP contribution in [0.15, 0.2) is 41.3 Å². The molecule has 0 aliphatic heterocycles. The van der Waals surface area contributed by atoms with Crippen molar-refractivity contribution in [3.05, 3.63) is 41.4 Å². The van der Waals surface area contributed by atoms with Crippen LogP contribution in [0.2, 0.25) is 5.02 Å². The van der Waals surface area contributed by atoms with Crippen LogP contribution in [0.1, 0.15) is 0 Å². The average Bonchev–Trinajstić information content (AvgIpc) is 2.19. The van der Waals surface area contributed by atoms with Crippen LogP contribution in [0.25, 0.3) is 10.8 Å². The first-order valence-corrected chi connectivity index (χ1v) is 5.64. The molecule has 0 aliphatic carbocycles. The average molecular weight is 209 g/mol. The van der Waals surface area contributed by atoms with Crippen molar-refractivity contribution in [1.29, 1.82) is 0 Å². The highest BCUT2D eigenvalue weighted by atomic mass is 35.5. The first kappa shape index (κ1) is 8.92. The molecule has 0 radical (unpaired) electrons. The SMILES string of the molecule is CSc1ccc(Cl)c2ccccc12. The Kier molecular flexibility index (Phi) is 2.47. The maximum Gasteiger partial charge on any atom is 0.0485 e. The number of rotatable bonds is 1. The van der Waals surface area contributed by atoms with Crippen LogP contribution in [0.4, 0.5) is 0 Å². The Morgan fingerprint density at radius 2 is 1.69 bits per heavy atom. The Balaban J connectivity index is 2.84. The summed E-state index contributed by atoms with van der Waals surface area (Å²) in [5.74, 6) is 0. The smallest absolute Gasteiger partial charge is 0.0485 e. The van der Waals surface area contributed by atoms with Gasteiger partial charge in [-0.25, -0.2) is 0 Å². The molecule has 2 heteroatoms. The largest absolute Gasteiger partial charge is 0.129 e. The first-order valence-electron chi connectivity index (χ1n) is 4.04. The van der Waals surface area contributed by atoms with Crippen molar-refractivity contribution in [2.45, 2.75) is 4.90 Å². The lowest BCUT2D eigenvalue weighted by Gasteiger charge is -2.04. The minimum Gasteiger partial charge on any atom is -0.129 e. The van der Waals surface area contributed by atoms with Crippen LogP contribution in [0.3, 0.4) is 0 Å². The van der Waals surface area contributed by atoms with Crippen LogP contribution in [0, 0.1) is 0 Å². The molecule has 0 amide bonds. The molecule has 0 saturated heterocycles. The van der Waals surface area contributed by atoms with E-state index in [0.717, 1.165) is 10.4 Å². The summed E-state index contributed by atoms with van der Waals surface area (Å²) < 4.78 is 0. The van der Waals surface area contributed by atoms with E-state index in [9.17, 15) is 0 Å². The van der Waals surface area contributed by atoms with E-state index in [-0.39, 0.29) is 0 Å². The van der Waals surface area contributed by atoms with Crippen LogP contribution in [0.5, 0.6) is 0 Å². The molecule has 0 spiro atoms. The van der Waals surface area contributed by atoms with E-state index in [1.807, 2.05) is 18.2 Å². The van der Waals surface area contributed by atoms with E-state index >= 15 is 0 Å². The molecular weight excluding hydrogens is 200 g/mol. The Morgan fingerprint density at radius 1 is 1.00 bits per heavy atom. The zero-order valence-electron chi connectivity index (χ0n) is 7.25. The molecule has 0 N–H and O–H groups in total. The zero-order valence-corrected chi connectivity index (χ0v) is 8.82. The van der Waals surface area contributed by atoms with Gasteiger partial charge in [-0.3, -0.25) is 0 Å². The Bertz CT molecular complexity index is 437. The Hall–Kier alpha value is -0.660. The maximum atomic E-state index is 6.08. The van der Waals surface area contributed by atoms with Gasteiger partial charge >= 0.3 is 0 Å². The van der Waals surface area contributed by atoms with Gasteiger partial charge < -0.3 is 0 Å². The van der Waals surface area contributed by atoms with Gasteiger partial charge in [0.2, 0.25) is 0 Å². The second-order valence-corrected chi connectivity index (χ2v) is 4.05. The van der Waals surface area contributed by atoms with Crippen molar-refractivity contribution >= 4 is 34.1 Å². The monoisotopic (exact) mass is 208 g/mol. The number of thioether (sulfide) groups is 1. The lowest BCUT2D eigenvalue weighted by Crippen LogP contribution is -1.77. The second kappa shape index (κ2) is 3.60. The van der Waals surface area contributed by atoms with Gasteiger partial charge in [-0.05, 0) is 23.8 Å². The van der Waals surface area contributed by atoms with Crippen LogP contribution >= 0.6 is 23.4 Å². The molecule has 13 heavy (non-hydrogen) atoms. The molecule has 0 saturated carbocycles. The molecule has 0 aromatic heterocycles. The van der Waals surface area contributed by atoms with Crippen molar-refractivity contribution in [3.8, 4) is 0 Å². The highest BCUT2D eigenvalue weighted by Crippen LogP contribution is 2.30. The number of fused-ring (bicyclic) bond motifs is 1. The van der Waals surface area contributed by atoms with Gasteiger partial charge in [0, 0.05) is 15.3 Å². The summed E-state index contributed by atoms with van der Waals surface area (Å²) in [6, 6.07) is 12.2. The predicted octanol–water partition coefficient (Wildman–Crippen LogP) is 4.22. The third-order valence-corrected chi connectivity index (χ3v) is 3.18. The number of hydrogen-bond donors (Lipinski definition) is 0. The summed E-state index contributed by atoms with van der Waals surface area (Å²) in [6.45, 7) is 0. The molecule has 0 bridgehead atoms. The number of hydrogen-bond acceptors (Lipinski definition) is 1.